The molecule has 0 saturated carbocycles. The van der Waals surface area contributed by atoms with Gasteiger partial charge in [-0.1, -0.05) is 6.92 Å². The lowest BCUT2D eigenvalue weighted by Crippen LogP contribution is -2.24. The molecule has 110 valence electrons. The van der Waals surface area contributed by atoms with Gasteiger partial charge in [-0.3, -0.25) is 0 Å². The van der Waals surface area contributed by atoms with Crippen molar-refractivity contribution in [1.29, 1.82) is 0 Å². The van der Waals surface area contributed by atoms with E-state index in [0.29, 0.717) is 11.4 Å². The van der Waals surface area contributed by atoms with Gasteiger partial charge in [-0.2, -0.15) is 0 Å². The molecule has 0 unspecified atom stereocenters. The first-order chi connectivity index (χ1) is 9.53. The number of sulfonamides is 1. The summed E-state index contributed by atoms with van der Waals surface area (Å²) in [5.41, 5.74) is 0. The standard InChI is InChI=1S/C12H17N3O2S3/c1-3-13-7-10-11(4-5-18-10)20(16,17)15-8-12-14-6-9(2)19-12/h4-6,13,15H,3,7-8H2,1-2H3. The molecule has 0 saturated heterocycles. The lowest BCUT2D eigenvalue weighted by molar-refractivity contribution is 0.579. The minimum Gasteiger partial charge on any atom is -0.312 e. The first-order valence-electron chi connectivity index (χ1n) is 6.21. The summed E-state index contributed by atoms with van der Waals surface area (Å²) in [6, 6.07) is 1.65. The van der Waals surface area contributed by atoms with Crippen molar-refractivity contribution in [2.75, 3.05) is 6.54 Å². The highest BCUT2D eigenvalue weighted by atomic mass is 32.2. The predicted octanol–water partition coefficient (Wildman–Crippen LogP) is 2.10. The first kappa shape index (κ1) is 15.6. The number of nitrogens with zero attached hydrogens (tertiary/aromatic N) is 1. The Morgan fingerprint density at radius 2 is 2.15 bits per heavy atom. The molecule has 20 heavy (non-hydrogen) atoms. The summed E-state index contributed by atoms with van der Waals surface area (Å²) in [4.78, 5) is 6.41. The molecule has 0 radical (unpaired) electrons. The van der Waals surface area contributed by atoms with E-state index in [0.717, 1.165) is 21.3 Å². The minimum absolute atomic E-state index is 0.233. The molecule has 0 aromatic carbocycles. The molecule has 0 spiro atoms. The van der Waals surface area contributed by atoms with Crippen molar-refractivity contribution in [3.05, 3.63) is 32.4 Å². The molecule has 2 aromatic rings. The highest BCUT2D eigenvalue weighted by Crippen LogP contribution is 2.22. The van der Waals surface area contributed by atoms with Crippen LogP contribution >= 0.6 is 22.7 Å². The van der Waals surface area contributed by atoms with Crippen molar-refractivity contribution in [2.45, 2.75) is 31.8 Å². The summed E-state index contributed by atoms with van der Waals surface area (Å²) < 4.78 is 27.2. The zero-order valence-corrected chi connectivity index (χ0v) is 13.8. The molecule has 0 aliphatic rings. The summed E-state index contributed by atoms with van der Waals surface area (Å²) in [5, 5.41) is 5.72. The zero-order chi connectivity index (χ0) is 14.6. The van der Waals surface area contributed by atoms with Crippen molar-refractivity contribution < 1.29 is 8.42 Å². The van der Waals surface area contributed by atoms with Crippen LogP contribution in [-0.4, -0.2) is 19.9 Å². The Hall–Kier alpha value is -0.800. The molecule has 0 aliphatic heterocycles. The van der Waals surface area contributed by atoms with Crippen LogP contribution in [0.2, 0.25) is 0 Å². The monoisotopic (exact) mass is 331 g/mol. The van der Waals surface area contributed by atoms with Crippen molar-refractivity contribution in [2.24, 2.45) is 0 Å². The fourth-order valence-corrected chi connectivity index (χ4v) is 4.87. The molecule has 8 heteroatoms. The van der Waals surface area contributed by atoms with Gasteiger partial charge in [-0.25, -0.2) is 18.1 Å². The summed E-state index contributed by atoms with van der Waals surface area (Å²) in [5.74, 6) is 0. The van der Waals surface area contributed by atoms with Gasteiger partial charge >= 0.3 is 0 Å². The third-order valence-corrected chi connectivity index (χ3v) is 6.06. The number of aryl methyl sites for hydroxylation is 1. The van der Waals surface area contributed by atoms with Gasteiger partial charge in [0.25, 0.3) is 0 Å². The second kappa shape index (κ2) is 6.77. The summed E-state index contributed by atoms with van der Waals surface area (Å²) >= 11 is 2.94. The average molecular weight is 331 g/mol. The van der Waals surface area contributed by atoms with Gasteiger partial charge in [0.05, 0.1) is 11.4 Å². The van der Waals surface area contributed by atoms with E-state index in [4.69, 9.17) is 0 Å². The zero-order valence-electron chi connectivity index (χ0n) is 11.3. The van der Waals surface area contributed by atoms with E-state index in [1.165, 1.54) is 22.7 Å². The van der Waals surface area contributed by atoms with E-state index >= 15 is 0 Å². The Kier molecular flexibility index (Phi) is 5.28. The van der Waals surface area contributed by atoms with Gasteiger partial charge in [-0.05, 0) is 24.9 Å². The van der Waals surface area contributed by atoms with E-state index in [9.17, 15) is 8.42 Å². The Morgan fingerprint density at radius 1 is 1.35 bits per heavy atom. The number of hydrogen-bond donors (Lipinski definition) is 2. The van der Waals surface area contributed by atoms with Gasteiger partial charge in [0.2, 0.25) is 10.0 Å². The Bertz CT molecular complexity index is 661. The van der Waals surface area contributed by atoms with Crippen molar-refractivity contribution in [1.82, 2.24) is 15.0 Å². The Labute approximate surface area is 127 Å². The molecule has 2 heterocycles. The van der Waals surface area contributed by atoms with Crippen LogP contribution in [0.15, 0.2) is 22.5 Å². The molecule has 2 aromatic heterocycles. The second-order valence-electron chi connectivity index (χ2n) is 4.18. The van der Waals surface area contributed by atoms with E-state index in [2.05, 4.69) is 15.0 Å². The van der Waals surface area contributed by atoms with Gasteiger partial charge in [0.15, 0.2) is 0 Å². The van der Waals surface area contributed by atoms with Crippen molar-refractivity contribution in [3.63, 3.8) is 0 Å². The van der Waals surface area contributed by atoms with Crippen LogP contribution in [0.4, 0.5) is 0 Å². The van der Waals surface area contributed by atoms with Crippen LogP contribution in [0.25, 0.3) is 0 Å². The average Bonchev–Trinajstić information content (AvgIpc) is 3.03. The predicted molar refractivity (Wildman–Crippen MR) is 82.6 cm³/mol. The fraction of sp³-hybridized carbons (Fsp3) is 0.417. The first-order valence-corrected chi connectivity index (χ1v) is 9.39. The number of aromatic nitrogens is 1. The topological polar surface area (TPSA) is 71.1 Å². The smallest absolute Gasteiger partial charge is 0.242 e. The van der Waals surface area contributed by atoms with E-state index in [1.54, 1.807) is 17.6 Å². The fourth-order valence-electron chi connectivity index (χ4n) is 1.65. The third kappa shape index (κ3) is 3.86. The van der Waals surface area contributed by atoms with E-state index in [-0.39, 0.29) is 6.54 Å². The quantitative estimate of drug-likeness (QED) is 0.815. The van der Waals surface area contributed by atoms with Crippen LogP contribution in [0.1, 0.15) is 21.7 Å². The number of thiazole rings is 1. The molecule has 2 rings (SSSR count). The molecule has 0 atom stereocenters. The highest BCUT2D eigenvalue weighted by Gasteiger charge is 2.19. The maximum atomic E-state index is 12.3. The molecule has 5 nitrogen and oxygen atoms in total. The highest BCUT2D eigenvalue weighted by molar-refractivity contribution is 7.89. The largest absolute Gasteiger partial charge is 0.312 e. The van der Waals surface area contributed by atoms with Crippen LogP contribution < -0.4 is 10.0 Å². The van der Waals surface area contributed by atoms with Crippen LogP contribution in [0, 0.1) is 6.92 Å². The van der Waals surface area contributed by atoms with Gasteiger partial charge in [0, 0.05) is 22.5 Å². The second-order valence-corrected chi connectivity index (χ2v) is 8.23. The van der Waals surface area contributed by atoms with Crippen LogP contribution in [0.3, 0.4) is 0 Å². The van der Waals surface area contributed by atoms with Crippen LogP contribution in [0.5, 0.6) is 0 Å². The summed E-state index contributed by atoms with van der Waals surface area (Å²) in [7, 11) is -3.48. The number of hydrogen-bond acceptors (Lipinski definition) is 6. The Morgan fingerprint density at radius 3 is 2.80 bits per heavy atom. The molecule has 0 fully saturated rings. The van der Waals surface area contributed by atoms with Crippen LogP contribution in [-0.2, 0) is 23.1 Å². The molecule has 0 amide bonds. The molecule has 2 N–H and O–H groups in total. The van der Waals surface area contributed by atoms with Gasteiger partial charge in [-0.15, -0.1) is 22.7 Å². The minimum atomic E-state index is -3.48. The Balaban J connectivity index is 2.08. The van der Waals surface area contributed by atoms with Crippen molar-refractivity contribution in [3.8, 4) is 0 Å². The molecular formula is C12H17N3O2S3. The maximum Gasteiger partial charge on any atom is 0.242 e. The van der Waals surface area contributed by atoms with Gasteiger partial charge in [0.1, 0.15) is 5.01 Å². The summed E-state index contributed by atoms with van der Waals surface area (Å²) in [6.07, 6.45) is 1.75. The van der Waals surface area contributed by atoms with Crippen molar-refractivity contribution >= 4 is 32.7 Å². The molecule has 0 bridgehead atoms. The third-order valence-electron chi connectivity index (χ3n) is 2.61. The summed E-state index contributed by atoms with van der Waals surface area (Å²) in [6.45, 7) is 5.55. The maximum absolute atomic E-state index is 12.3. The molecular weight excluding hydrogens is 314 g/mol. The number of rotatable bonds is 7. The SMILES string of the molecule is CCNCc1sccc1S(=O)(=O)NCc1ncc(C)s1. The molecule has 0 aliphatic carbocycles. The van der Waals surface area contributed by atoms with Gasteiger partial charge < -0.3 is 5.32 Å². The normalized spacial score (nSPS) is 11.9. The lowest BCUT2D eigenvalue weighted by atomic mass is 10.4. The number of thiophene rings is 1. The number of nitrogens with one attached hydrogen (secondary N) is 2. The van der Waals surface area contributed by atoms with E-state index in [1.807, 2.05) is 13.8 Å². The van der Waals surface area contributed by atoms with E-state index < -0.39 is 10.0 Å². The lowest BCUT2D eigenvalue weighted by Gasteiger charge is -2.07.